The first-order valence-corrected chi connectivity index (χ1v) is 6.23. The van der Waals surface area contributed by atoms with Gasteiger partial charge in [0.05, 0.1) is 7.11 Å². The van der Waals surface area contributed by atoms with E-state index in [1.807, 2.05) is 6.07 Å². The lowest BCUT2D eigenvalue weighted by atomic mass is 10.0. The summed E-state index contributed by atoms with van der Waals surface area (Å²) in [4.78, 5) is 30.3. The third-order valence-electron chi connectivity index (χ3n) is 3.24. The van der Waals surface area contributed by atoms with Gasteiger partial charge in [-0.15, -0.1) is 4.91 Å². The number of H-pyrrole nitrogens is 1. The van der Waals surface area contributed by atoms with Crippen molar-refractivity contribution in [3.8, 4) is 5.75 Å². The molecule has 0 aliphatic heterocycles. The van der Waals surface area contributed by atoms with Crippen molar-refractivity contribution in [1.82, 2.24) is 9.97 Å². The van der Waals surface area contributed by atoms with Crippen LogP contribution in [0.5, 0.6) is 5.75 Å². The van der Waals surface area contributed by atoms with Crippen molar-refractivity contribution in [2.75, 3.05) is 7.11 Å². The van der Waals surface area contributed by atoms with Gasteiger partial charge in [0.25, 0.3) is 0 Å². The minimum absolute atomic E-state index is 0.162. The third-order valence-corrected chi connectivity index (χ3v) is 3.24. The first-order valence-electron chi connectivity index (χ1n) is 6.23. The molecule has 0 amide bonds. The second-order valence-electron chi connectivity index (χ2n) is 4.41. The van der Waals surface area contributed by atoms with E-state index in [9.17, 15) is 9.70 Å². The molecule has 0 fully saturated rings. The number of methoxy groups -OCH3 is 1. The van der Waals surface area contributed by atoms with Crippen LogP contribution in [0.2, 0.25) is 0 Å². The maximum absolute atomic E-state index is 12.6. The van der Waals surface area contributed by atoms with Crippen molar-refractivity contribution in [2.45, 2.75) is 0 Å². The number of benzene rings is 1. The number of hydrogen-bond donors (Lipinski definition) is 1. The van der Waals surface area contributed by atoms with Crippen molar-refractivity contribution >= 4 is 22.5 Å². The van der Waals surface area contributed by atoms with E-state index in [0.717, 1.165) is 5.39 Å². The third kappa shape index (κ3) is 2.16. The molecule has 0 aliphatic carbocycles. The Bertz CT molecular complexity index is 839. The van der Waals surface area contributed by atoms with Gasteiger partial charge in [-0.1, -0.05) is 0 Å². The molecule has 1 N–H and O–H groups in total. The molecule has 0 aliphatic rings. The SMILES string of the molecule is COc1cc(C(=O)c2c[nH]c3ncccc23)ccc1N=O. The highest BCUT2D eigenvalue weighted by atomic mass is 16.5. The van der Waals surface area contributed by atoms with Gasteiger partial charge in [-0.3, -0.25) is 4.79 Å². The summed E-state index contributed by atoms with van der Waals surface area (Å²) in [5.41, 5.74) is 1.75. The summed E-state index contributed by atoms with van der Waals surface area (Å²) in [6, 6.07) is 8.12. The highest BCUT2D eigenvalue weighted by Gasteiger charge is 2.16. The van der Waals surface area contributed by atoms with Crippen LogP contribution < -0.4 is 4.74 Å². The van der Waals surface area contributed by atoms with Crippen LogP contribution in [0, 0.1) is 4.91 Å². The maximum atomic E-state index is 12.6. The molecule has 0 unspecified atom stereocenters. The van der Waals surface area contributed by atoms with E-state index in [4.69, 9.17) is 4.74 Å². The number of carbonyl (C=O) groups excluding carboxylic acids is 1. The molecule has 0 radical (unpaired) electrons. The van der Waals surface area contributed by atoms with E-state index in [1.54, 1.807) is 24.5 Å². The van der Waals surface area contributed by atoms with Crippen molar-refractivity contribution < 1.29 is 9.53 Å². The van der Waals surface area contributed by atoms with Crippen LogP contribution in [-0.2, 0) is 0 Å². The van der Waals surface area contributed by atoms with Crippen LogP contribution in [0.15, 0.2) is 47.9 Å². The van der Waals surface area contributed by atoms with Crippen LogP contribution in [0.25, 0.3) is 11.0 Å². The zero-order valence-corrected chi connectivity index (χ0v) is 11.2. The topological polar surface area (TPSA) is 84.4 Å². The van der Waals surface area contributed by atoms with Crippen LogP contribution in [-0.4, -0.2) is 22.9 Å². The number of hydrogen-bond acceptors (Lipinski definition) is 5. The van der Waals surface area contributed by atoms with Gasteiger partial charge >= 0.3 is 0 Å². The lowest BCUT2D eigenvalue weighted by Crippen LogP contribution is -2.01. The number of nitrogens with one attached hydrogen (secondary N) is 1. The molecule has 2 aromatic heterocycles. The van der Waals surface area contributed by atoms with E-state index in [0.29, 0.717) is 16.8 Å². The Balaban J connectivity index is 2.08. The van der Waals surface area contributed by atoms with E-state index in [1.165, 1.54) is 19.2 Å². The molecule has 2 heterocycles. The standard InChI is InChI=1S/C15H11N3O3/c1-21-13-7-9(4-5-12(13)18-20)14(19)11-8-17-15-10(11)3-2-6-16-15/h2-8H,1H3,(H,16,17). The highest BCUT2D eigenvalue weighted by molar-refractivity contribution is 6.16. The first-order chi connectivity index (χ1) is 10.2. The molecule has 1 aromatic carbocycles. The fourth-order valence-electron chi connectivity index (χ4n) is 2.19. The zero-order chi connectivity index (χ0) is 14.8. The molecule has 0 bridgehead atoms. The second-order valence-corrected chi connectivity index (χ2v) is 4.41. The second kappa shape index (κ2) is 5.16. The van der Waals surface area contributed by atoms with Gasteiger partial charge in [0.1, 0.15) is 17.1 Å². The summed E-state index contributed by atoms with van der Waals surface area (Å²) in [7, 11) is 1.42. The molecular weight excluding hydrogens is 270 g/mol. The normalized spacial score (nSPS) is 10.5. The number of aromatic nitrogens is 2. The number of nitroso groups, excluding NO2 is 1. The maximum Gasteiger partial charge on any atom is 0.195 e. The molecule has 6 nitrogen and oxygen atoms in total. The number of rotatable bonds is 4. The van der Waals surface area contributed by atoms with Crippen molar-refractivity contribution in [3.05, 3.63) is 58.8 Å². The molecular formula is C15H11N3O3. The molecule has 3 aromatic rings. The molecule has 0 spiro atoms. The molecule has 21 heavy (non-hydrogen) atoms. The monoisotopic (exact) mass is 281 g/mol. The smallest absolute Gasteiger partial charge is 0.195 e. The number of ketones is 1. The van der Waals surface area contributed by atoms with Gasteiger partial charge in [0, 0.05) is 28.9 Å². The first kappa shape index (κ1) is 13.0. The van der Waals surface area contributed by atoms with Gasteiger partial charge in [0.2, 0.25) is 0 Å². The largest absolute Gasteiger partial charge is 0.494 e. The quantitative estimate of drug-likeness (QED) is 0.588. The average Bonchev–Trinajstić information content (AvgIpc) is 2.97. The number of aromatic amines is 1. The van der Waals surface area contributed by atoms with Crippen molar-refractivity contribution in [2.24, 2.45) is 5.18 Å². The summed E-state index contributed by atoms with van der Waals surface area (Å²) in [5, 5.41) is 3.60. The van der Waals surface area contributed by atoms with Gasteiger partial charge in [-0.25, -0.2) is 4.98 Å². The molecule has 6 heteroatoms. The molecule has 3 rings (SSSR count). The average molecular weight is 281 g/mol. The number of carbonyl (C=O) groups is 1. The Kier molecular flexibility index (Phi) is 3.19. The fourth-order valence-corrected chi connectivity index (χ4v) is 2.19. The van der Waals surface area contributed by atoms with Gasteiger partial charge in [-0.05, 0) is 35.5 Å². The Labute approximate surface area is 119 Å². The van der Waals surface area contributed by atoms with Crippen LogP contribution in [0.1, 0.15) is 15.9 Å². The highest BCUT2D eigenvalue weighted by Crippen LogP contribution is 2.29. The Hall–Kier alpha value is -3.02. The number of nitrogens with zero attached hydrogens (tertiary/aromatic N) is 2. The van der Waals surface area contributed by atoms with E-state index >= 15 is 0 Å². The van der Waals surface area contributed by atoms with Crippen molar-refractivity contribution in [3.63, 3.8) is 0 Å². The lowest BCUT2D eigenvalue weighted by molar-refractivity contribution is 0.104. The lowest BCUT2D eigenvalue weighted by Gasteiger charge is -2.05. The van der Waals surface area contributed by atoms with E-state index in [-0.39, 0.29) is 17.2 Å². The molecule has 0 saturated carbocycles. The number of ether oxygens (including phenoxy) is 1. The van der Waals surface area contributed by atoms with Crippen molar-refractivity contribution in [1.29, 1.82) is 0 Å². The van der Waals surface area contributed by atoms with Crippen LogP contribution in [0.3, 0.4) is 0 Å². The van der Waals surface area contributed by atoms with Crippen LogP contribution >= 0.6 is 0 Å². The van der Waals surface area contributed by atoms with Gasteiger partial charge < -0.3 is 9.72 Å². The zero-order valence-electron chi connectivity index (χ0n) is 11.2. The minimum atomic E-state index is -0.176. The summed E-state index contributed by atoms with van der Waals surface area (Å²) in [6.07, 6.45) is 3.28. The predicted octanol–water partition coefficient (Wildman–Crippen LogP) is 3.20. The Morgan fingerprint density at radius 3 is 2.95 bits per heavy atom. The molecule has 0 atom stereocenters. The summed E-state index contributed by atoms with van der Waals surface area (Å²) in [6.45, 7) is 0. The van der Waals surface area contributed by atoms with Gasteiger partial charge in [-0.2, -0.15) is 0 Å². The van der Waals surface area contributed by atoms with E-state index < -0.39 is 0 Å². The number of fused-ring (bicyclic) bond motifs is 1. The van der Waals surface area contributed by atoms with Gasteiger partial charge in [0.15, 0.2) is 5.78 Å². The summed E-state index contributed by atoms with van der Waals surface area (Å²) in [5.74, 6) is 0.0961. The Morgan fingerprint density at radius 1 is 1.33 bits per heavy atom. The summed E-state index contributed by atoms with van der Waals surface area (Å²) < 4.78 is 5.07. The predicted molar refractivity (Wildman–Crippen MR) is 78.0 cm³/mol. The molecule has 104 valence electrons. The molecule has 0 saturated heterocycles. The number of pyridine rings is 1. The van der Waals surface area contributed by atoms with E-state index in [2.05, 4.69) is 15.1 Å². The fraction of sp³-hybridized carbons (Fsp3) is 0.0667. The minimum Gasteiger partial charge on any atom is -0.494 e. The summed E-state index contributed by atoms with van der Waals surface area (Å²) >= 11 is 0. The Morgan fingerprint density at radius 2 is 2.19 bits per heavy atom. The van der Waals surface area contributed by atoms with Crippen LogP contribution in [0.4, 0.5) is 5.69 Å².